The SMILES string of the molecule is O=C1CCC(N2Cc3cc(CNC(=O)Nc4ccccc4)ccc3C2=O)C(=O)N1. The van der Waals surface area contributed by atoms with Crippen LogP contribution in [0.25, 0.3) is 0 Å². The number of imide groups is 1. The van der Waals surface area contributed by atoms with Crippen LogP contribution in [0.5, 0.6) is 0 Å². The van der Waals surface area contributed by atoms with Crippen molar-refractivity contribution in [1.29, 1.82) is 0 Å². The Bertz CT molecular complexity index is 989. The molecule has 8 heteroatoms. The fourth-order valence-corrected chi connectivity index (χ4v) is 3.62. The Kier molecular flexibility index (Phi) is 4.99. The second-order valence-electron chi connectivity index (χ2n) is 7.07. The van der Waals surface area contributed by atoms with E-state index in [1.165, 1.54) is 4.90 Å². The van der Waals surface area contributed by atoms with E-state index in [1.54, 1.807) is 24.3 Å². The number of carbonyl (C=O) groups is 4. The summed E-state index contributed by atoms with van der Waals surface area (Å²) in [5.41, 5.74) is 2.91. The van der Waals surface area contributed by atoms with Crippen LogP contribution in [-0.2, 0) is 22.7 Å². The van der Waals surface area contributed by atoms with Gasteiger partial charge in [0.15, 0.2) is 0 Å². The number of hydrogen-bond donors (Lipinski definition) is 3. The molecule has 0 saturated carbocycles. The minimum atomic E-state index is -0.633. The number of fused-ring (bicyclic) bond motifs is 1. The number of amides is 5. The Morgan fingerprint density at radius 1 is 1.10 bits per heavy atom. The van der Waals surface area contributed by atoms with Crippen LogP contribution in [0.15, 0.2) is 48.5 Å². The second kappa shape index (κ2) is 7.75. The summed E-state index contributed by atoms with van der Waals surface area (Å²) in [4.78, 5) is 49.7. The predicted molar refractivity (Wildman–Crippen MR) is 105 cm³/mol. The smallest absolute Gasteiger partial charge is 0.319 e. The van der Waals surface area contributed by atoms with Crippen LogP contribution >= 0.6 is 0 Å². The molecule has 0 aromatic heterocycles. The summed E-state index contributed by atoms with van der Waals surface area (Å²) in [6, 6.07) is 13.5. The van der Waals surface area contributed by atoms with Crippen LogP contribution in [0.2, 0.25) is 0 Å². The highest BCUT2D eigenvalue weighted by Crippen LogP contribution is 2.28. The van der Waals surface area contributed by atoms with Gasteiger partial charge in [0.25, 0.3) is 5.91 Å². The molecule has 0 radical (unpaired) electrons. The molecule has 2 aliphatic rings. The highest BCUT2D eigenvalue weighted by atomic mass is 16.2. The fraction of sp³-hybridized carbons (Fsp3) is 0.238. The zero-order chi connectivity index (χ0) is 20.4. The monoisotopic (exact) mass is 392 g/mol. The Morgan fingerprint density at radius 2 is 1.90 bits per heavy atom. The zero-order valence-corrected chi connectivity index (χ0v) is 15.6. The highest BCUT2D eigenvalue weighted by molar-refractivity contribution is 6.05. The van der Waals surface area contributed by atoms with Crippen molar-refractivity contribution < 1.29 is 19.2 Å². The number of urea groups is 1. The van der Waals surface area contributed by atoms with E-state index in [9.17, 15) is 19.2 Å². The summed E-state index contributed by atoms with van der Waals surface area (Å²) in [7, 11) is 0. The Morgan fingerprint density at radius 3 is 2.66 bits per heavy atom. The molecule has 1 unspecified atom stereocenters. The summed E-state index contributed by atoms with van der Waals surface area (Å²) in [6.07, 6.45) is 0.556. The van der Waals surface area contributed by atoms with E-state index < -0.39 is 11.9 Å². The molecule has 148 valence electrons. The Hall–Kier alpha value is -3.68. The van der Waals surface area contributed by atoms with Gasteiger partial charge in [0.05, 0.1) is 0 Å². The van der Waals surface area contributed by atoms with Crippen molar-refractivity contribution in [1.82, 2.24) is 15.5 Å². The molecule has 2 aromatic carbocycles. The standard InChI is InChI=1S/C21H20N4O4/c26-18-9-8-17(19(27)24-18)25-12-14-10-13(6-7-16(14)20(25)28)11-22-21(29)23-15-4-2-1-3-5-15/h1-7,10,17H,8-9,11-12H2,(H2,22,23,29)(H,24,26,27). The summed E-state index contributed by atoms with van der Waals surface area (Å²) < 4.78 is 0. The third kappa shape index (κ3) is 3.96. The van der Waals surface area contributed by atoms with Gasteiger partial charge in [0.1, 0.15) is 6.04 Å². The van der Waals surface area contributed by atoms with Crippen molar-refractivity contribution in [3.05, 3.63) is 65.2 Å². The van der Waals surface area contributed by atoms with Crippen LogP contribution in [0.4, 0.5) is 10.5 Å². The highest BCUT2D eigenvalue weighted by Gasteiger charge is 2.38. The molecule has 2 aliphatic heterocycles. The molecule has 1 fully saturated rings. The maximum Gasteiger partial charge on any atom is 0.319 e. The molecule has 1 atom stereocenters. The van der Waals surface area contributed by atoms with Gasteiger partial charge >= 0.3 is 6.03 Å². The van der Waals surface area contributed by atoms with E-state index in [4.69, 9.17) is 0 Å². The van der Waals surface area contributed by atoms with E-state index in [-0.39, 0.29) is 24.3 Å². The average molecular weight is 392 g/mol. The summed E-state index contributed by atoms with van der Waals surface area (Å²) in [6.45, 7) is 0.614. The number of hydrogen-bond acceptors (Lipinski definition) is 4. The van der Waals surface area contributed by atoms with Gasteiger partial charge in [-0.1, -0.05) is 30.3 Å². The third-order valence-electron chi connectivity index (χ3n) is 5.07. The number of benzene rings is 2. The van der Waals surface area contributed by atoms with Gasteiger partial charge in [-0.15, -0.1) is 0 Å². The first-order valence-electron chi connectivity index (χ1n) is 9.37. The number of piperidine rings is 1. The molecule has 0 spiro atoms. The minimum absolute atomic E-state index is 0.212. The fourth-order valence-electron chi connectivity index (χ4n) is 3.62. The lowest BCUT2D eigenvalue weighted by molar-refractivity contribution is -0.136. The number of para-hydroxylation sites is 1. The molecule has 8 nitrogen and oxygen atoms in total. The first-order valence-corrected chi connectivity index (χ1v) is 9.37. The molecule has 2 heterocycles. The lowest BCUT2D eigenvalue weighted by Crippen LogP contribution is -2.52. The van der Waals surface area contributed by atoms with Crippen molar-refractivity contribution in [2.45, 2.75) is 32.0 Å². The number of nitrogens with one attached hydrogen (secondary N) is 3. The Balaban J connectivity index is 1.39. The number of nitrogens with zero attached hydrogens (tertiary/aromatic N) is 1. The molecular weight excluding hydrogens is 372 g/mol. The van der Waals surface area contributed by atoms with Gasteiger partial charge in [-0.05, 0) is 35.7 Å². The van der Waals surface area contributed by atoms with Crippen molar-refractivity contribution in [3.8, 4) is 0 Å². The van der Waals surface area contributed by atoms with E-state index in [0.717, 1.165) is 11.1 Å². The molecule has 0 bridgehead atoms. The molecule has 2 aromatic rings. The van der Waals surface area contributed by atoms with Crippen molar-refractivity contribution in [2.24, 2.45) is 0 Å². The van der Waals surface area contributed by atoms with Gasteiger partial charge in [0, 0.05) is 30.8 Å². The molecule has 0 aliphatic carbocycles. The molecule has 3 N–H and O–H groups in total. The lowest BCUT2D eigenvalue weighted by atomic mass is 10.0. The van der Waals surface area contributed by atoms with Crippen LogP contribution in [-0.4, -0.2) is 34.7 Å². The maximum absolute atomic E-state index is 12.7. The van der Waals surface area contributed by atoms with Crippen LogP contribution in [0.1, 0.15) is 34.3 Å². The second-order valence-corrected chi connectivity index (χ2v) is 7.07. The first-order chi connectivity index (χ1) is 14.0. The molecular formula is C21H20N4O4. The van der Waals surface area contributed by atoms with Crippen molar-refractivity contribution in [2.75, 3.05) is 5.32 Å². The van der Waals surface area contributed by atoms with Gasteiger partial charge in [-0.3, -0.25) is 19.7 Å². The van der Waals surface area contributed by atoms with Gasteiger partial charge in [-0.25, -0.2) is 4.79 Å². The summed E-state index contributed by atoms with van der Waals surface area (Å²) in [5.74, 6) is -0.949. The van der Waals surface area contributed by atoms with Crippen LogP contribution in [0, 0.1) is 0 Å². The summed E-state index contributed by atoms with van der Waals surface area (Å²) >= 11 is 0. The van der Waals surface area contributed by atoms with Crippen molar-refractivity contribution in [3.63, 3.8) is 0 Å². The number of rotatable bonds is 4. The normalized spacial score (nSPS) is 18.3. The van der Waals surface area contributed by atoms with Gasteiger partial charge in [0.2, 0.25) is 11.8 Å². The first kappa shape index (κ1) is 18.7. The zero-order valence-electron chi connectivity index (χ0n) is 15.6. The molecule has 5 amide bonds. The van der Waals surface area contributed by atoms with Crippen LogP contribution < -0.4 is 16.0 Å². The van der Waals surface area contributed by atoms with E-state index in [2.05, 4.69) is 16.0 Å². The lowest BCUT2D eigenvalue weighted by Gasteiger charge is -2.29. The molecule has 4 rings (SSSR count). The molecule has 1 saturated heterocycles. The number of anilines is 1. The topological polar surface area (TPSA) is 108 Å². The summed E-state index contributed by atoms with van der Waals surface area (Å²) in [5, 5.41) is 7.82. The number of carbonyl (C=O) groups excluding carboxylic acids is 4. The average Bonchev–Trinajstić information content (AvgIpc) is 3.03. The van der Waals surface area contributed by atoms with Gasteiger partial charge in [-0.2, -0.15) is 0 Å². The van der Waals surface area contributed by atoms with E-state index in [0.29, 0.717) is 30.8 Å². The van der Waals surface area contributed by atoms with Crippen molar-refractivity contribution >= 4 is 29.4 Å². The van der Waals surface area contributed by atoms with Crippen LogP contribution in [0.3, 0.4) is 0 Å². The largest absolute Gasteiger partial charge is 0.334 e. The maximum atomic E-state index is 12.7. The van der Waals surface area contributed by atoms with E-state index >= 15 is 0 Å². The van der Waals surface area contributed by atoms with Gasteiger partial charge < -0.3 is 15.5 Å². The predicted octanol–water partition coefficient (Wildman–Crippen LogP) is 1.77. The molecule has 29 heavy (non-hydrogen) atoms. The van der Waals surface area contributed by atoms with E-state index in [1.807, 2.05) is 24.3 Å². The minimum Gasteiger partial charge on any atom is -0.334 e. The Labute approximate surface area is 167 Å². The third-order valence-corrected chi connectivity index (χ3v) is 5.07. The quantitative estimate of drug-likeness (QED) is 0.689.